The lowest BCUT2D eigenvalue weighted by Gasteiger charge is -2.05. The van der Waals surface area contributed by atoms with Crippen molar-refractivity contribution in [2.45, 2.75) is 20.0 Å². The fourth-order valence-corrected chi connectivity index (χ4v) is 2.28. The molecule has 0 bridgehead atoms. The summed E-state index contributed by atoms with van der Waals surface area (Å²) in [7, 11) is 0. The van der Waals surface area contributed by atoms with Crippen molar-refractivity contribution in [2.75, 3.05) is 5.73 Å². The molecule has 0 spiro atoms. The molecule has 0 aliphatic heterocycles. The Balaban J connectivity index is 1.63. The summed E-state index contributed by atoms with van der Waals surface area (Å²) >= 11 is 0. The molecule has 2 aromatic carbocycles. The SMILES string of the molecule is Cc1nc2ccc(CNCc3ccc(N)cc3)cc2[nH]1. The molecule has 0 amide bonds. The number of nitrogens with one attached hydrogen (secondary N) is 2. The number of hydrogen-bond donors (Lipinski definition) is 3. The van der Waals surface area contributed by atoms with Crippen molar-refractivity contribution in [2.24, 2.45) is 0 Å². The van der Waals surface area contributed by atoms with Crippen LogP contribution in [-0.4, -0.2) is 9.97 Å². The second-order valence-corrected chi connectivity index (χ2v) is 5.02. The Labute approximate surface area is 118 Å². The number of nitrogen functional groups attached to an aromatic ring is 1. The van der Waals surface area contributed by atoms with E-state index in [2.05, 4.69) is 33.5 Å². The van der Waals surface area contributed by atoms with E-state index in [1.54, 1.807) is 0 Å². The average molecular weight is 266 g/mol. The molecule has 0 aliphatic rings. The molecule has 102 valence electrons. The predicted molar refractivity (Wildman–Crippen MR) is 82.2 cm³/mol. The van der Waals surface area contributed by atoms with Crippen LogP contribution < -0.4 is 11.1 Å². The van der Waals surface area contributed by atoms with E-state index in [-0.39, 0.29) is 0 Å². The third-order valence-electron chi connectivity index (χ3n) is 3.30. The molecule has 1 heterocycles. The van der Waals surface area contributed by atoms with Gasteiger partial charge >= 0.3 is 0 Å². The maximum Gasteiger partial charge on any atom is 0.104 e. The first kappa shape index (κ1) is 12.7. The van der Waals surface area contributed by atoms with Gasteiger partial charge < -0.3 is 16.0 Å². The molecule has 4 N–H and O–H groups in total. The zero-order valence-electron chi connectivity index (χ0n) is 11.5. The number of rotatable bonds is 4. The number of nitrogens with two attached hydrogens (primary N) is 1. The van der Waals surface area contributed by atoms with Gasteiger partial charge in [0.05, 0.1) is 11.0 Å². The van der Waals surface area contributed by atoms with E-state index in [9.17, 15) is 0 Å². The lowest BCUT2D eigenvalue weighted by atomic mass is 10.2. The summed E-state index contributed by atoms with van der Waals surface area (Å²) in [6, 6.07) is 14.3. The van der Waals surface area contributed by atoms with Crippen molar-refractivity contribution in [3.05, 3.63) is 59.4 Å². The molecule has 0 unspecified atom stereocenters. The van der Waals surface area contributed by atoms with E-state index in [4.69, 9.17) is 5.73 Å². The molecule has 0 radical (unpaired) electrons. The topological polar surface area (TPSA) is 66.7 Å². The Bertz CT molecular complexity index is 713. The maximum atomic E-state index is 5.67. The second kappa shape index (κ2) is 5.35. The second-order valence-electron chi connectivity index (χ2n) is 5.02. The molecule has 1 aromatic heterocycles. The van der Waals surface area contributed by atoms with Gasteiger partial charge in [-0.15, -0.1) is 0 Å². The molecular formula is C16H18N4. The van der Waals surface area contributed by atoms with Crippen LogP contribution in [0.4, 0.5) is 5.69 Å². The van der Waals surface area contributed by atoms with Crippen LogP contribution in [0.15, 0.2) is 42.5 Å². The maximum absolute atomic E-state index is 5.67. The third-order valence-corrected chi connectivity index (χ3v) is 3.30. The van der Waals surface area contributed by atoms with Gasteiger partial charge in [0, 0.05) is 18.8 Å². The largest absolute Gasteiger partial charge is 0.399 e. The molecule has 0 saturated heterocycles. The zero-order chi connectivity index (χ0) is 13.9. The van der Waals surface area contributed by atoms with Crippen molar-refractivity contribution in [1.82, 2.24) is 15.3 Å². The summed E-state index contributed by atoms with van der Waals surface area (Å²) in [5, 5.41) is 3.43. The van der Waals surface area contributed by atoms with Crippen molar-refractivity contribution >= 4 is 16.7 Å². The molecule has 0 aliphatic carbocycles. The Morgan fingerprint density at radius 3 is 2.55 bits per heavy atom. The number of aryl methyl sites for hydroxylation is 1. The van der Waals surface area contributed by atoms with Crippen molar-refractivity contribution < 1.29 is 0 Å². The molecule has 4 heteroatoms. The van der Waals surface area contributed by atoms with Crippen molar-refractivity contribution in [3.63, 3.8) is 0 Å². The summed E-state index contributed by atoms with van der Waals surface area (Å²) in [4.78, 5) is 7.66. The first-order valence-electron chi connectivity index (χ1n) is 6.71. The van der Waals surface area contributed by atoms with Gasteiger partial charge in [-0.05, 0) is 42.3 Å². The van der Waals surface area contributed by atoms with Crippen molar-refractivity contribution in [3.8, 4) is 0 Å². The lowest BCUT2D eigenvalue weighted by Crippen LogP contribution is -2.12. The van der Waals surface area contributed by atoms with Gasteiger partial charge in [0.2, 0.25) is 0 Å². The van der Waals surface area contributed by atoms with E-state index in [0.29, 0.717) is 0 Å². The summed E-state index contributed by atoms with van der Waals surface area (Å²) in [5.74, 6) is 0.951. The first-order valence-corrected chi connectivity index (χ1v) is 6.71. The normalized spacial score (nSPS) is 11.1. The zero-order valence-corrected chi connectivity index (χ0v) is 11.5. The highest BCUT2D eigenvalue weighted by Gasteiger charge is 2.01. The molecule has 20 heavy (non-hydrogen) atoms. The van der Waals surface area contributed by atoms with E-state index < -0.39 is 0 Å². The molecule has 0 saturated carbocycles. The van der Waals surface area contributed by atoms with Crippen LogP contribution in [0.25, 0.3) is 11.0 Å². The number of benzene rings is 2. The van der Waals surface area contributed by atoms with Gasteiger partial charge in [-0.1, -0.05) is 18.2 Å². The average Bonchev–Trinajstić information content (AvgIpc) is 2.80. The smallest absolute Gasteiger partial charge is 0.104 e. The van der Waals surface area contributed by atoms with Crippen LogP contribution in [0, 0.1) is 6.92 Å². The highest BCUT2D eigenvalue weighted by Crippen LogP contribution is 2.13. The van der Waals surface area contributed by atoms with Gasteiger partial charge in [-0.3, -0.25) is 0 Å². The van der Waals surface area contributed by atoms with Gasteiger partial charge in [0.25, 0.3) is 0 Å². The highest BCUT2D eigenvalue weighted by molar-refractivity contribution is 5.75. The minimum Gasteiger partial charge on any atom is -0.399 e. The molecular weight excluding hydrogens is 248 g/mol. The molecule has 4 nitrogen and oxygen atoms in total. The fraction of sp³-hybridized carbons (Fsp3) is 0.188. The number of anilines is 1. The quantitative estimate of drug-likeness (QED) is 0.636. The number of aromatic nitrogens is 2. The molecule has 0 fully saturated rings. The Morgan fingerprint density at radius 1 is 1.05 bits per heavy atom. The van der Waals surface area contributed by atoms with E-state index >= 15 is 0 Å². The Hall–Kier alpha value is -2.33. The van der Waals surface area contributed by atoms with Crippen LogP contribution in [-0.2, 0) is 13.1 Å². The van der Waals surface area contributed by atoms with Crippen LogP contribution in [0.3, 0.4) is 0 Å². The minimum absolute atomic E-state index is 0.800. The van der Waals surface area contributed by atoms with Gasteiger partial charge in [0.1, 0.15) is 5.82 Å². The number of fused-ring (bicyclic) bond motifs is 1. The third kappa shape index (κ3) is 2.81. The predicted octanol–water partition coefficient (Wildman–Crippen LogP) is 2.74. The molecule has 3 rings (SSSR count). The number of imidazole rings is 1. The fourth-order valence-electron chi connectivity index (χ4n) is 2.28. The van der Waals surface area contributed by atoms with Gasteiger partial charge in [-0.2, -0.15) is 0 Å². The highest BCUT2D eigenvalue weighted by atomic mass is 14.9. The van der Waals surface area contributed by atoms with Crippen LogP contribution in [0.2, 0.25) is 0 Å². The molecule has 0 atom stereocenters. The lowest BCUT2D eigenvalue weighted by molar-refractivity contribution is 0.694. The Morgan fingerprint density at radius 2 is 1.75 bits per heavy atom. The van der Waals surface area contributed by atoms with Crippen LogP contribution in [0.1, 0.15) is 17.0 Å². The van der Waals surface area contributed by atoms with E-state index in [1.165, 1.54) is 11.1 Å². The van der Waals surface area contributed by atoms with Crippen LogP contribution >= 0.6 is 0 Å². The van der Waals surface area contributed by atoms with E-state index in [0.717, 1.165) is 35.6 Å². The summed E-state index contributed by atoms with van der Waals surface area (Å²) in [6.45, 7) is 3.64. The van der Waals surface area contributed by atoms with E-state index in [1.807, 2.05) is 31.2 Å². The Kier molecular flexibility index (Phi) is 3.39. The standard InChI is InChI=1S/C16H18N4/c1-11-19-15-7-4-13(8-16(15)20-11)10-18-9-12-2-5-14(17)6-3-12/h2-8,18H,9-10,17H2,1H3,(H,19,20). The number of H-pyrrole nitrogens is 1. The van der Waals surface area contributed by atoms with Gasteiger partial charge in [0.15, 0.2) is 0 Å². The van der Waals surface area contributed by atoms with Gasteiger partial charge in [-0.25, -0.2) is 4.98 Å². The first-order chi connectivity index (χ1) is 9.70. The monoisotopic (exact) mass is 266 g/mol. The summed E-state index contributed by atoms with van der Waals surface area (Å²) in [5.41, 5.74) is 11.1. The summed E-state index contributed by atoms with van der Waals surface area (Å²) < 4.78 is 0. The molecule has 3 aromatic rings. The van der Waals surface area contributed by atoms with Crippen LogP contribution in [0.5, 0.6) is 0 Å². The number of aromatic amines is 1. The van der Waals surface area contributed by atoms with Crippen molar-refractivity contribution in [1.29, 1.82) is 0 Å². The minimum atomic E-state index is 0.800. The summed E-state index contributed by atoms with van der Waals surface area (Å²) in [6.07, 6.45) is 0. The number of hydrogen-bond acceptors (Lipinski definition) is 3. The number of nitrogens with zero attached hydrogens (tertiary/aromatic N) is 1.